The van der Waals surface area contributed by atoms with E-state index >= 15 is 0 Å². The quantitative estimate of drug-likeness (QED) is 0.723. The van der Waals surface area contributed by atoms with E-state index in [1.54, 1.807) is 6.92 Å². The summed E-state index contributed by atoms with van der Waals surface area (Å²) in [5, 5.41) is 3.15. The van der Waals surface area contributed by atoms with Gasteiger partial charge in [-0.2, -0.15) is 0 Å². The van der Waals surface area contributed by atoms with Crippen LogP contribution in [0.3, 0.4) is 0 Å². The van der Waals surface area contributed by atoms with Gasteiger partial charge in [0, 0.05) is 32.6 Å². The summed E-state index contributed by atoms with van der Waals surface area (Å²) in [5.74, 6) is -2.49. The highest BCUT2D eigenvalue weighted by atomic mass is 19.3. The van der Waals surface area contributed by atoms with Gasteiger partial charge in [0.1, 0.15) is 0 Å². The fourth-order valence-electron chi connectivity index (χ4n) is 1.64. The monoisotopic (exact) mass is 192 g/mol. The first-order valence-corrected chi connectivity index (χ1v) is 4.95. The van der Waals surface area contributed by atoms with Crippen molar-refractivity contribution >= 4 is 0 Å². The Balaban J connectivity index is 2.28. The number of nitrogens with one attached hydrogen (secondary N) is 1. The maximum atomic E-state index is 13.1. The highest BCUT2D eigenvalue weighted by Gasteiger charge is 2.30. The van der Waals surface area contributed by atoms with Crippen molar-refractivity contribution < 1.29 is 8.78 Å². The van der Waals surface area contributed by atoms with Crippen LogP contribution in [-0.2, 0) is 0 Å². The van der Waals surface area contributed by atoms with Crippen LogP contribution in [0, 0.1) is 0 Å². The molecule has 0 aromatic carbocycles. The van der Waals surface area contributed by atoms with Crippen LogP contribution >= 0.6 is 0 Å². The molecule has 13 heavy (non-hydrogen) atoms. The van der Waals surface area contributed by atoms with Crippen molar-refractivity contribution in [1.29, 1.82) is 0 Å². The van der Waals surface area contributed by atoms with Crippen LogP contribution in [0.4, 0.5) is 8.78 Å². The van der Waals surface area contributed by atoms with Crippen molar-refractivity contribution in [3.05, 3.63) is 0 Å². The Kier molecular flexibility index (Phi) is 4.06. The second-order valence-electron chi connectivity index (χ2n) is 3.63. The largest absolute Gasteiger partial charge is 0.314 e. The van der Waals surface area contributed by atoms with Crippen LogP contribution in [0.2, 0.25) is 0 Å². The maximum Gasteiger partial charge on any atom is 0.260 e. The average Bonchev–Trinajstić information content (AvgIpc) is 2.04. The highest BCUT2D eigenvalue weighted by molar-refractivity contribution is 4.75. The minimum Gasteiger partial charge on any atom is -0.314 e. The minimum atomic E-state index is -2.49. The molecule has 0 aromatic heterocycles. The van der Waals surface area contributed by atoms with Crippen molar-refractivity contribution in [3.63, 3.8) is 0 Å². The number of hydrogen-bond donors (Lipinski definition) is 1. The molecule has 1 saturated heterocycles. The molecule has 0 aliphatic carbocycles. The summed E-state index contributed by atoms with van der Waals surface area (Å²) in [5.41, 5.74) is 0. The molecule has 4 heteroatoms. The normalized spacial score (nSPS) is 20.5. The number of alkyl halides is 2. The minimum absolute atomic E-state index is 0.0108. The number of rotatable bonds is 4. The van der Waals surface area contributed by atoms with Gasteiger partial charge in [-0.05, 0) is 0 Å². The smallest absolute Gasteiger partial charge is 0.260 e. The van der Waals surface area contributed by atoms with Gasteiger partial charge in [0.15, 0.2) is 0 Å². The molecular formula is C9H18F2N2. The van der Waals surface area contributed by atoms with E-state index in [0.29, 0.717) is 6.42 Å². The van der Waals surface area contributed by atoms with Crippen molar-refractivity contribution in [2.45, 2.75) is 25.7 Å². The molecule has 1 fully saturated rings. The summed E-state index contributed by atoms with van der Waals surface area (Å²) in [6.45, 7) is 4.90. The molecule has 0 amide bonds. The van der Waals surface area contributed by atoms with E-state index in [4.69, 9.17) is 0 Å². The third-order valence-electron chi connectivity index (χ3n) is 2.28. The van der Waals surface area contributed by atoms with E-state index in [9.17, 15) is 8.78 Å². The zero-order valence-corrected chi connectivity index (χ0v) is 8.15. The SMILES string of the molecule is CCCC(F)(F)CN1CCNCC1. The van der Waals surface area contributed by atoms with Crippen LogP contribution in [0.5, 0.6) is 0 Å². The molecule has 0 atom stereocenters. The second-order valence-corrected chi connectivity index (χ2v) is 3.63. The molecule has 0 bridgehead atoms. The van der Waals surface area contributed by atoms with Crippen molar-refractivity contribution in [1.82, 2.24) is 10.2 Å². The molecule has 1 heterocycles. The Morgan fingerprint density at radius 2 is 1.92 bits per heavy atom. The fourth-order valence-corrected chi connectivity index (χ4v) is 1.64. The van der Waals surface area contributed by atoms with Gasteiger partial charge in [-0.15, -0.1) is 0 Å². The molecule has 78 valence electrons. The standard InChI is InChI=1S/C9H18F2N2/c1-2-3-9(10,11)8-13-6-4-12-5-7-13/h12H,2-8H2,1H3. The van der Waals surface area contributed by atoms with E-state index in [2.05, 4.69) is 5.32 Å². The molecule has 1 rings (SSSR count). The molecule has 1 N–H and O–H groups in total. The van der Waals surface area contributed by atoms with E-state index in [1.165, 1.54) is 0 Å². The van der Waals surface area contributed by atoms with Gasteiger partial charge < -0.3 is 5.32 Å². The van der Waals surface area contributed by atoms with Crippen LogP contribution in [0.25, 0.3) is 0 Å². The molecule has 0 aromatic rings. The molecule has 1 aliphatic rings. The Morgan fingerprint density at radius 1 is 1.31 bits per heavy atom. The lowest BCUT2D eigenvalue weighted by molar-refractivity contribution is -0.0417. The second kappa shape index (κ2) is 4.86. The summed E-state index contributed by atoms with van der Waals surface area (Å²) in [6.07, 6.45) is 0.565. The van der Waals surface area contributed by atoms with Gasteiger partial charge in [-0.1, -0.05) is 13.3 Å². The van der Waals surface area contributed by atoms with Crippen LogP contribution in [-0.4, -0.2) is 43.5 Å². The van der Waals surface area contributed by atoms with Crippen molar-refractivity contribution in [2.24, 2.45) is 0 Å². The highest BCUT2D eigenvalue weighted by Crippen LogP contribution is 2.21. The van der Waals surface area contributed by atoms with Crippen molar-refractivity contribution in [3.8, 4) is 0 Å². The third-order valence-corrected chi connectivity index (χ3v) is 2.28. The summed E-state index contributed by atoms with van der Waals surface area (Å²) < 4.78 is 26.3. The lowest BCUT2D eigenvalue weighted by Crippen LogP contribution is -2.47. The third kappa shape index (κ3) is 4.00. The zero-order valence-electron chi connectivity index (χ0n) is 8.15. The van der Waals surface area contributed by atoms with Crippen LogP contribution in [0.15, 0.2) is 0 Å². The summed E-state index contributed by atoms with van der Waals surface area (Å²) >= 11 is 0. The van der Waals surface area contributed by atoms with Gasteiger partial charge in [0.05, 0.1) is 6.54 Å². The molecule has 1 aliphatic heterocycles. The van der Waals surface area contributed by atoms with Crippen LogP contribution < -0.4 is 5.32 Å². The number of nitrogens with zero attached hydrogens (tertiary/aromatic N) is 1. The number of hydrogen-bond acceptors (Lipinski definition) is 2. The Hall–Kier alpha value is -0.220. The van der Waals surface area contributed by atoms with Gasteiger partial charge in [0.25, 0.3) is 5.92 Å². The first kappa shape index (κ1) is 10.9. The topological polar surface area (TPSA) is 15.3 Å². The predicted molar refractivity (Wildman–Crippen MR) is 49.2 cm³/mol. The Labute approximate surface area is 78.3 Å². The van der Waals surface area contributed by atoms with Crippen LogP contribution in [0.1, 0.15) is 19.8 Å². The van der Waals surface area contributed by atoms with E-state index < -0.39 is 5.92 Å². The fraction of sp³-hybridized carbons (Fsp3) is 1.00. The first-order chi connectivity index (χ1) is 6.14. The van der Waals surface area contributed by atoms with E-state index in [0.717, 1.165) is 26.2 Å². The Morgan fingerprint density at radius 3 is 2.46 bits per heavy atom. The van der Waals surface area contributed by atoms with E-state index in [-0.39, 0.29) is 13.0 Å². The average molecular weight is 192 g/mol. The molecule has 0 radical (unpaired) electrons. The molecule has 0 saturated carbocycles. The number of halogens is 2. The van der Waals surface area contributed by atoms with Gasteiger partial charge in [0.2, 0.25) is 0 Å². The zero-order chi connectivity index (χ0) is 9.73. The number of piperazine rings is 1. The lowest BCUT2D eigenvalue weighted by atomic mass is 10.2. The Bertz CT molecular complexity index is 145. The van der Waals surface area contributed by atoms with E-state index in [1.807, 2.05) is 4.90 Å². The van der Waals surface area contributed by atoms with Gasteiger partial charge >= 0.3 is 0 Å². The lowest BCUT2D eigenvalue weighted by Gasteiger charge is -2.30. The predicted octanol–water partition coefficient (Wildman–Crippen LogP) is 1.33. The molecule has 0 spiro atoms. The van der Waals surface area contributed by atoms with Crippen molar-refractivity contribution in [2.75, 3.05) is 32.7 Å². The van der Waals surface area contributed by atoms with Gasteiger partial charge in [-0.3, -0.25) is 4.90 Å². The first-order valence-electron chi connectivity index (χ1n) is 4.95. The maximum absolute atomic E-state index is 13.1. The molecule has 2 nitrogen and oxygen atoms in total. The summed E-state index contributed by atoms with van der Waals surface area (Å²) in [4.78, 5) is 1.84. The summed E-state index contributed by atoms with van der Waals surface area (Å²) in [6, 6.07) is 0. The summed E-state index contributed by atoms with van der Waals surface area (Å²) in [7, 11) is 0. The molecule has 0 unspecified atom stereocenters. The molecular weight excluding hydrogens is 174 g/mol. The van der Waals surface area contributed by atoms with Gasteiger partial charge in [-0.25, -0.2) is 8.78 Å².